The van der Waals surface area contributed by atoms with Gasteiger partial charge in [0.1, 0.15) is 0 Å². The number of morpholine rings is 1. The van der Waals surface area contributed by atoms with Crippen molar-refractivity contribution >= 4 is 22.9 Å². The minimum Gasteiger partial charge on any atom is -0.379 e. The summed E-state index contributed by atoms with van der Waals surface area (Å²) in [5.74, 6) is 0.893. The lowest BCUT2D eigenvalue weighted by atomic mass is 10.3. The molecule has 8 nitrogen and oxygen atoms in total. The molecular weight excluding hydrogens is 354 g/mol. The molecule has 0 saturated carbocycles. The number of ether oxygens (including phenoxy) is 1. The highest BCUT2D eigenvalue weighted by Crippen LogP contribution is 2.22. The molecule has 3 heterocycles. The van der Waals surface area contributed by atoms with Crippen LogP contribution in [0.1, 0.15) is 19.8 Å². The Labute approximate surface area is 156 Å². The lowest BCUT2D eigenvalue weighted by Gasteiger charge is -2.26. The van der Waals surface area contributed by atoms with Gasteiger partial charge in [-0.25, -0.2) is 9.78 Å². The molecule has 0 spiro atoms. The predicted molar refractivity (Wildman–Crippen MR) is 103 cm³/mol. The van der Waals surface area contributed by atoms with E-state index < -0.39 is 0 Å². The molecule has 0 aromatic carbocycles. The lowest BCUT2D eigenvalue weighted by molar-refractivity contribution is 0.0410. The fourth-order valence-corrected chi connectivity index (χ4v) is 4.17. The highest BCUT2D eigenvalue weighted by Gasteiger charge is 2.19. The van der Waals surface area contributed by atoms with Gasteiger partial charge in [0.15, 0.2) is 16.3 Å². The van der Waals surface area contributed by atoms with Gasteiger partial charge in [0.25, 0.3) is 5.56 Å². The first kappa shape index (κ1) is 19.2. The molecule has 3 rings (SSSR count). The van der Waals surface area contributed by atoms with E-state index >= 15 is 0 Å². The number of fused-ring (bicyclic) bond motifs is 1. The third kappa shape index (κ3) is 3.74. The zero-order chi connectivity index (χ0) is 18.7. The van der Waals surface area contributed by atoms with Gasteiger partial charge in [-0.05, 0) is 6.42 Å². The zero-order valence-electron chi connectivity index (χ0n) is 15.7. The van der Waals surface area contributed by atoms with Crippen molar-refractivity contribution in [3.8, 4) is 0 Å². The van der Waals surface area contributed by atoms with Crippen LogP contribution in [0.5, 0.6) is 0 Å². The van der Waals surface area contributed by atoms with E-state index in [0.29, 0.717) is 11.2 Å². The molecule has 2 aromatic heterocycles. The van der Waals surface area contributed by atoms with Gasteiger partial charge in [0.05, 0.1) is 13.2 Å². The van der Waals surface area contributed by atoms with Crippen molar-refractivity contribution in [3.63, 3.8) is 0 Å². The number of imidazole rings is 1. The maximum atomic E-state index is 12.7. The maximum absolute atomic E-state index is 12.7. The summed E-state index contributed by atoms with van der Waals surface area (Å²) in [6.45, 7) is 7.32. The molecule has 1 aliphatic heterocycles. The molecule has 0 unspecified atom stereocenters. The molecule has 1 saturated heterocycles. The summed E-state index contributed by atoms with van der Waals surface area (Å²) in [6.07, 6.45) is 2.00. The predicted octanol–water partition coefficient (Wildman–Crippen LogP) is 0.658. The van der Waals surface area contributed by atoms with Crippen LogP contribution in [-0.2, 0) is 25.4 Å². The third-order valence-electron chi connectivity index (χ3n) is 4.79. The summed E-state index contributed by atoms with van der Waals surface area (Å²) in [5.41, 5.74) is 0.388. The Morgan fingerprint density at radius 3 is 2.54 bits per heavy atom. The summed E-state index contributed by atoms with van der Waals surface area (Å²) < 4.78 is 10.00. The van der Waals surface area contributed by atoms with E-state index in [9.17, 15) is 9.59 Å². The van der Waals surface area contributed by atoms with Gasteiger partial charge in [0.2, 0.25) is 0 Å². The largest absolute Gasteiger partial charge is 0.379 e. The second-order valence-electron chi connectivity index (χ2n) is 6.58. The molecule has 0 atom stereocenters. The minimum atomic E-state index is -0.340. The van der Waals surface area contributed by atoms with Crippen molar-refractivity contribution < 1.29 is 4.74 Å². The molecule has 0 N–H and O–H groups in total. The number of hydrogen-bond acceptors (Lipinski definition) is 6. The van der Waals surface area contributed by atoms with Crippen LogP contribution < -0.4 is 11.2 Å². The average molecular weight is 382 g/mol. The SMILES string of the molecule is CCCCn1c(SCCN2CCOCC2)nc2c1c(=O)n(C)c(=O)n2C. The number of aryl methyl sites for hydroxylation is 2. The van der Waals surface area contributed by atoms with Crippen LogP contribution in [0.25, 0.3) is 11.2 Å². The number of rotatable bonds is 7. The van der Waals surface area contributed by atoms with Crippen LogP contribution in [-0.4, -0.2) is 62.2 Å². The first-order valence-corrected chi connectivity index (χ1v) is 10.1. The highest BCUT2D eigenvalue weighted by molar-refractivity contribution is 7.99. The van der Waals surface area contributed by atoms with Crippen molar-refractivity contribution in [1.82, 2.24) is 23.6 Å². The molecule has 2 aromatic rings. The standard InChI is InChI=1S/C17H27N5O3S/c1-4-5-6-22-13-14(19(2)17(24)20(3)15(13)23)18-16(22)26-12-9-21-7-10-25-11-8-21/h4-12H2,1-3H3. The van der Waals surface area contributed by atoms with Crippen LogP contribution in [0.2, 0.25) is 0 Å². The van der Waals surface area contributed by atoms with E-state index in [1.54, 1.807) is 18.8 Å². The first-order valence-electron chi connectivity index (χ1n) is 9.13. The number of nitrogens with zero attached hydrogens (tertiary/aromatic N) is 5. The van der Waals surface area contributed by atoms with Crippen LogP contribution in [0.15, 0.2) is 14.7 Å². The normalized spacial score (nSPS) is 15.8. The van der Waals surface area contributed by atoms with Crippen LogP contribution in [0.4, 0.5) is 0 Å². The van der Waals surface area contributed by atoms with Gasteiger partial charge in [-0.2, -0.15) is 0 Å². The van der Waals surface area contributed by atoms with Crippen LogP contribution >= 0.6 is 11.8 Å². The van der Waals surface area contributed by atoms with Gasteiger partial charge in [-0.15, -0.1) is 0 Å². The van der Waals surface area contributed by atoms with Crippen molar-refractivity contribution in [3.05, 3.63) is 20.8 Å². The molecule has 0 bridgehead atoms. The summed E-state index contributed by atoms with van der Waals surface area (Å²) in [6, 6.07) is 0. The Bertz CT molecular complexity index is 879. The molecule has 1 aliphatic rings. The van der Waals surface area contributed by atoms with Crippen molar-refractivity contribution in [2.75, 3.05) is 38.6 Å². The highest BCUT2D eigenvalue weighted by atomic mass is 32.2. The van der Waals surface area contributed by atoms with E-state index in [1.807, 2.05) is 4.57 Å². The molecule has 0 radical (unpaired) electrons. The van der Waals surface area contributed by atoms with Gasteiger partial charge < -0.3 is 9.30 Å². The van der Waals surface area contributed by atoms with Gasteiger partial charge in [0, 0.05) is 46.0 Å². The monoisotopic (exact) mass is 381 g/mol. The number of thioether (sulfide) groups is 1. The Kier molecular flexibility index (Phi) is 6.20. The fraction of sp³-hybridized carbons (Fsp3) is 0.706. The number of aromatic nitrogens is 4. The Balaban J connectivity index is 1.90. The molecule has 0 amide bonds. The zero-order valence-corrected chi connectivity index (χ0v) is 16.5. The lowest BCUT2D eigenvalue weighted by Crippen LogP contribution is -2.37. The van der Waals surface area contributed by atoms with E-state index in [4.69, 9.17) is 4.74 Å². The van der Waals surface area contributed by atoms with Crippen molar-refractivity contribution in [1.29, 1.82) is 0 Å². The van der Waals surface area contributed by atoms with Crippen molar-refractivity contribution in [2.45, 2.75) is 31.5 Å². The average Bonchev–Trinajstić information content (AvgIpc) is 3.02. The van der Waals surface area contributed by atoms with Gasteiger partial charge in [-0.3, -0.25) is 18.8 Å². The van der Waals surface area contributed by atoms with Crippen LogP contribution in [0.3, 0.4) is 0 Å². The second-order valence-corrected chi connectivity index (χ2v) is 7.64. The quantitative estimate of drug-likeness (QED) is 0.656. The number of unbranched alkanes of at least 4 members (excludes halogenated alkanes) is 1. The smallest absolute Gasteiger partial charge is 0.332 e. The second kappa shape index (κ2) is 8.41. The summed E-state index contributed by atoms with van der Waals surface area (Å²) >= 11 is 1.65. The third-order valence-corrected chi connectivity index (χ3v) is 5.75. The molecule has 144 valence electrons. The fourth-order valence-electron chi connectivity index (χ4n) is 3.15. The minimum absolute atomic E-state index is 0.272. The van der Waals surface area contributed by atoms with E-state index in [1.165, 1.54) is 11.6 Å². The summed E-state index contributed by atoms with van der Waals surface area (Å²) in [4.78, 5) is 31.9. The van der Waals surface area contributed by atoms with Crippen molar-refractivity contribution in [2.24, 2.45) is 14.1 Å². The summed E-state index contributed by atoms with van der Waals surface area (Å²) in [7, 11) is 3.19. The molecular formula is C17H27N5O3S. The maximum Gasteiger partial charge on any atom is 0.332 e. The number of hydrogen-bond donors (Lipinski definition) is 0. The molecule has 9 heteroatoms. The topological polar surface area (TPSA) is 74.3 Å². The van der Waals surface area contributed by atoms with E-state index in [-0.39, 0.29) is 11.2 Å². The summed E-state index contributed by atoms with van der Waals surface area (Å²) in [5, 5.41) is 0.819. The Morgan fingerprint density at radius 1 is 1.12 bits per heavy atom. The molecule has 26 heavy (non-hydrogen) atoms. The van der Waals surface area contributed by atoms with Crippen LogP contribution in [0, 0.1) is 0 Å². The van der Waals surface area contributed by atoms with Gasteiger partial charge in [-0.1, -0.05) is 25.1 Å². The first-order chi connectivity index (χ1) is 12.5. The van der Waals surface area contributed by atoms with E-state index in [0.717, 1.165) is 67.7 Å². The Hall–Kier alpha value is -1.58. The van der Waals surface area contributed by atoms with Gasteiger partial charge >= 0.3 is 5.69 Å². The molecule has 1 fully saturated rings. The Morgan fingerprint density at radius 2 is 1.85 bits per heavy atom. The molecule has 0 aliphatic carbocycles. The van der Waals surface area contributed by atoms with E-state index in [2.05, 4.69) is 16.8 Å².